The van der Waals surface area contributed by atoms with Crippen LogP contribution in [0, 0.1) is 0 Å². The molecule has 1 fully saturated rings. The summed E-state index contributed by atoms with van der Waals surface area (Å²) in [7, 11) is 2.15. The van der Waals surface area contributed by atoms with E-state index in [2.05, 4.69) is 22.1 Å². The van der Waals surface area contributed by atoms with Gasteiger partial charge in [-0.2, -0.15) is 16.9 Å². The molecule has 0 aliphatic carbocycles. The van der Waals surface area contributed by atoms with E-state index in [1.807, 2.05) is 17.8 Å². The molecule has 1 saturated heterocycles. The second-order valence-electron chi connectivity index (χ2n) is 3.78. The van der Waals surface area contributed by atoms with Gasteiger partial charge in [0.1, 0.15) is 0 Å². The van der Waals surface area contributed by atoms with Gasteiger partial charge in [0.2, 0.25) is 0 Å². The predicted octanol–water partition coefficient (Wildman–Crippen LogP) is 2.07. The molecule has 15 heavy (non-hydrogen) atoms. The molecule has 5 heteroatoms. The fraction of sp³-hybridized carbons (Fsp3) is 0.600. The summed E-state index contributed by atoms with van der Waals surface area (Å²) in [6.45, 7) is 0.857. The number of rotatable bonds is 3. The number of halogens is 1. The third-order valence-corrected chi connectivity index (χ3v) is 3.97. The van der Waals surface area contributed by atoms with Crippen LogP contribution in [-0.4, -0.2) is 39.7 Å². The Hall–Kier alpha value is -0.320. The Morgan fingerprint density at radius 3 is 3.00 bits per heavy atom. The Labute approximate surface area is 99.2 Å². The maximum Gasteiger partial charge on any atom is 0.151 e. The van der Waals surface area contributed by atoms with Crippen molar-refractivity contribution in [3.05, 3.63) is 23.0 Å². The summed E-state index contributed by atoms with van der Waals surface area (Å²) < 4.78 is 0. The molecule has 0 spiro atoms. The Morgan fingerprint density at radius 2 is 2.40 bits per heavy atom. The van der Waals surface area contributed by atoms with Gasteiger partial charge in [-0.25, -0.2) is 0 Å². The fourth-order valence-electron chi connectivity index (χ4n) is 1.68. The van der Waals surface area contributed by atoms with Crippen molar-refractivity contribution in [2.24, 2.45) is 0 Å². The van der Waals surface area contributed by atoms with E-state index in [1.54, 1.807) is 6.07 Å². The monoisotopic (exact) mass is 243 g/mol. The Balaban J connectivity index is 1.92. The SMILES string of the molecule is CN(Cc1ccc(Cl)nn1)C1CCSC1. The number of hydrogen-bond acceptors (Lipinski definition) is 4. The first kappa shape index (κ1) is 11.2. The molecule has 0 radical (unpaired) electrons. The molecule has 2 rings (SSSR count). The number of thioether (sulfide) groups is 1. The maximum absolute atomic E-state index is 5.68. The summed E-state index contributed by atoms with van der Waals surface area (Å²) in [5.74, 6) is 2.51. The molecular weight excluding hydrogens is 230 g/mol. The second kappa shape index (κ2) is 5.14. The lowest BCUT2D eigenvalue weighted by atomic mass is 10.2. The standard InChI is InChI=1S/C10H14ClN3S/c1-14(9-4-5-15-7-9)6-8-2-3-10(11)13-12-8/h2-3,9H,4-7H2,1H3. The molecule has 0 amide bonds. The first-order valence-electron chi connectivity index (χ1n) is 5.02. The maximum atomic E-state index is 5.68. The van der Waals surface area contributed by atoms with Gasteiger partial charge in [-0.15, -0.1) is 5.10 Å². The van der Waals surface area contributed by atoms with Gasteiger partial charge >= 0.3 is 0 Å². The van der Waals surface area contributed by atoms with Crippen molar-refractivity contribution >= 4 is 23.4 Å². The van der Waals surface area contributed by atoms with Gasteiger partial charge < -0.3 is 0 Å². The lowest BCUT2D eigenvalue weighted by molar-refractivity contribution is 0.251. The predicted molar refractivity (Wildman–Crippen MR) is 64.2 cm³/mol. The average molecular weight is 244 g/mol. The smallest absolute Gasteiger partial charge is 0.151 e. The minimum Gasteiger partial charge on any atom is -0.297 e. The molecular formula is C10H14ClN3S. The van der Waals surface area contributed by atoms with Crippen LogP contribution < -0.4 is 0 Å². The van der Waals surface area contributed by atoms with Crippen LogP contribution in [0.3, 0.4) is 0 Å². The highest BCUT2D eigenvalue weighted by Crippen LogP contribution is 2.22. The van der Waals surface area contributed by atoms with E-state index in [0.717, 1.165) is 12.2 Å². The largest absolute Gasteiger partial charge is 0.297 e. The molecule has 1 aliphatic rings. The van der Waals surface area contributed by atoms with E-state index in [-0.39, 0.29) is 0 Å². The zero-order valence-electron chi connectivity index (χ0n) is 8.69. The third-order valence-electron chi connectivity index (χ3n) is 2.63. The summed E-state index contributed by atoms with van der Waals surface area (Å²) >= 11 is 7.71. The van der Waals surface area contributed by atoms with Crippen LogP contribution in [0.25, 0.3) is 0 Å². The number of hydrogen-bond donors (Lipinski definition) is 0. The highest BCUT2D eigenvalue weighted by atomic mass is 35.5. The van der Waals surface area contributed by atoms with Crippen molar-refractivity contribution < 1.29 is 0 Å². The van der Waals surface area contributed by atoms with Gasteiger partial charge in [0.05, 0.1) is 5.69 Å². The lowest BCUT2D eigenvalue weighted by Crippen LogP contribution is -2.31. The molecule has 1 unspecified atom stereocenters. The summed E-state index contributed by atoms with van der Waals surface area (Å²) in [5.41, 5.74) is 0.985. The highest BCUT2D eigenvalue weighted by Gasteiger charge is 2.20. The van der Waals surface area contributed by atoms with Crippen LogP contribution >= 0.6 is 23.4 Å². The van der Waals surface area contributed by atoms with Gasteiger partial charge in [-0.1, -0.05) is 11.6 Å². The summed E-state index contributed by atoms with van der Waals surface area (Å²) in [5, 5.41) is 8.36. The topological polar surface area (TPSA) is 29.0 Å². The molecule has 82 valence electrons. The van der Waals surface area contributed by atoms with E-state index in [9.17, 15) is 0 Å². The van der Waals surface area contributed by atoms with Crippen LogP contribution in [-0.2, 0) is 6.54 Å². The van der Waals surface area contributed by atoms with Crippen LogP contribution in [0.2, 0.25) is 5.15 Å². The van der Waals surface area contributed by atoms with Crippen LogP contribution in [0.15, 0.2) is 12.1 Å². The minimum absolute atomic E-state index is 0.456. The highest BCUT2D eigenvalue weighted by molar-refractivity contribution is 7.99. The van der Waals surface area contributed by atoms with Gasteiger partial charge in [0, 0.05) is 18.3 Å². The van der Waals surface area contributed by atoms with Crippen molar-refractivity contribution in [2.45, 2.75) is 19.0 Å². The summed E-state index contributed by atoms with van der Waals surface area (Å²) in [6, 6.07) is 4.42. The van der Waals surface area contributed by atoms with Crippen molar-refractivity contribution in [3.8, 4) is 0 Å². The van der Waals surface area contributed by atoms with E-state index in [0.29, 0.717) is 11.2 Å². The van der Waals surface area contributed by atoms with Crippen molar-refractivity contribution in [2.75, 3.05) is 18.6 Å². The van der Waals surface area contributed by atoms with Crippen LogP contribution in [0.1, 0.15) is 12.1 Å². The van der Waals surface area contributed by atoms with Crippen molar-refractivity contribution in [1.82, 2.24) is 15.1 Å². The first-order valence-corrected chi connectivity index (χ1v) is 6.55. The van der Waals surface area contributed by atoms with Crippen LogP contribution in [0.5, 0.6) is 0 Å². The van der Waals surface area contributed by atoms with E-state index in [4.69, 9.17) is 11.6 Å². The molecule has 1 atom stereocenters. The van der Waals surface area contributed by atoms with Gasteiger partial charge in [-0.3, -0.25) is 4.90 Å². The van der Waals surface area contributed by atoms with Crippen molar-refractivity contribution in [1.29, 1.82) is 0 Å². The lowest BCUT2D eigenvalue weighted by Gasteiger charge is -2.22. The van der Waals surface area contributed by atoms with Gasteiger partial charge in [0.15, 0.2) is 5.15 Å². The molecule has 1 aliphatic heterocycles. The van der Waals surface area contributed by atoms with E-state index in [1.165, 1.54) is 17.9 Å². The molecule has 1 aromatic heterocycles. The first-order chi connectivity index (χ1) is 7.25. The Kier molecular flexibility index (Phi) is 3.83. The minimum atomic E-state index is 0.456. The molecule has 0 N–H and O–H groups in total. The molecule has 2 heterocycles. The van der Waals surface area contributed by atoms with E-state index < -0.39 is 0 Å². The Morgan fingerprint density at radius 1 is 1.53 bits per heavy atom. The molecule has 3 nitrogen and oxygen atoms in total. The number of nitrogens with zero attached hydrogens (tertiary/aromatic N) is 3. The summed E-state index contributed by atoms with van der Waals surface area (Å²) in [6.07, 6.45) is 1.28. The molecule has 0 aromatic carbocycles. The van der Waals surface area contributed by atoms with Crippen molar-refractivity contribution in [3.63, 3.8) is 0 Å². The summed E-state index contributed by atoms with van der Waals surface area (Å²) in [4.78, 5) is 2.35. The second-order valence-corrected chi connectivity index (χ2v) is 5.32. The van der Waals surface area contributed by atoms with Gasteiger partial charge in [0.25, 0.3) is 0 Å². The average Bonchev–Trinajstić information content (AvgIpc) is 2.74. The Bertz CT molecular complexity index is 311. The zero-order chi connectivity index (χ0) is 10.7. The third kappa shape index (κ3) is 3.06. The van der Waals surface area contributed by atoms with Gasteiger partial charge in [-0.05, 0) is 31.4 Å². The number of aromatic nitrogens is 2. The van der Waals surface area contributed by atoms with E-state index >= 15 is 0 Å². The molecule has 0 saturated carbocycles. The zero-order valence-corrected chi connectivity index (χ0v) is 10.3. The molecule has 0 bridgehead atoms. The molecule has 1 aromatic rings. The van der Waals surface area contributed by atoms with Crippen LogP contribution in [0.4, 0.5) is 0 Å². The fourth-order valence-corrected chi connectivity index (χ4v) is 3.08. The quantitative estimate of drug-likeness (QED) is 0.813. The normalized spacial score (nSPS) is 21.1.